The molecule has 0 fully saturated rings. The summed E-state index contributed by atoms with van der Waals surface area (Å²) in [6.07, 6.45) is -0.0980. The van der Waals surface area contributed by atoms with Gasteiger partial charge in [0.1, 0.15) is 17.2 Å². The van der Waals surface area contributed by atoms with E-state index < -0.39 is 5.97 Å². The highest BCUT2D eigenvalue weighted by molar-refractivity contribution is 6.10. The number of aromatic nitrogens is 2. The molecule has 0 atom stereocenters. The fraction of sp³-hybridized carbons (Fsp3) is 0.179. The summed E-state index contributed by atoms with van der Waals surface area (Å²) in [5.41, 5.74) is 3.31. The summed E-state index contributed by atoms with van der Waals surface area (Å²) >= 11 is 0. The molecule has 7 nitrogen and oxygen atoms in total. The SMILES string of the molecule is CCOC(=O)Cc1c(C(=O)c2ccccc2)nn(-c2ccc(OC)cc2)c1-c1ccc(OC)cc1. The highest BCUT2D eigenvalue weighted by Crippen LogP contribution is 2.33. The van der Waals surface area contributed by atoms with Crippen molar-refractivity contribution < 1.29 is 23.8 Å². The lowest BCUT2D eigenvalue weighted by molar-refractivity contribution is -0.142. The summed E-state index contributed by atoms with van der Waals surface area (Å²) in [5, 5.41) is 4.73. The predicted octanol–water partition coefficient (Wildman–Crippen LogP) is 4.89. The molecule has 0 aliphatic carbocycles. The van der Waals surface area contributed by atoms with Gasteiger partial charge in [-0.1, -0.05) is 30.3 Å². The maximum atomic E-state index is 13.6. The highest BCUT2D eigenvalue weighted by atomic mass is 16.5. The monoisotopic (exact) mass is 470 g/mol. The van der Waals surface area contributed by atoms with E-state index in [-0.39, 0.29) is 24.5 Å². The number of hydrogen-bond donors (Lipinski definition) is 0. The standard InChI is InChI=1S/C28H26N2O5/c1-4-35-25(31)18-24-26(28(32)20-8-6-5-7-9-20)29-30(21-12-16-23(34-3)17-13-21)27(24)19-10-14-22(33-2)15-11-19/h5-17H,4,18H2,1-3H3. The number of carbonyl (C=O) groups excluding carboxylic acids is 2. The van der Waals surface area contributed by atoms with Gasteiger partial charge in [-0.15, -0.1) is 0 Å². The molecule has 7 heteroatoms. The van der Waals surface area contributed by atoms with E-state index >= 15 is 0 Å². The quantitative estimate of drug-likeness (QED) is 0.256. The van der Waals surface area contributed by atoms with E-state index in [9.17, 15) is 9.59 Å². The van der Waals surface area contributed by atoms with Crippen molar-refractivity contribution in [2.24, 2.45) is 0 Å². The lowest BCUT2D eigenvalue weighted by Crippen LogP contribution is -2.12. The summed E-state index contributed by atoms with van der Waals surface area (Å²) in [6, 6.07) is 23.6. The van der Waals surface area contributed by atoms with Crippen LogP contribution in [0.15, 0.2) is 78.9 Å². The number of hydrogen-bond acceptors (Lipinski definition) is 6. The lowest BCUT2D eigenvalue weighted by Gasteiger charge is -2.11. The Hall–Kier alpha value is -4.39. The first-order valence-corrected chi connectivity index (χ1v) is 11.2. The van der Waals surface area contributed by atoms with Gasteiger partial charge in [0.2, 0.25) is 5.78 Å². The van der Waals surface area contributed by atoms with Gasteiger partial charge in [-0.25, -0.2) is 4.68 Å². The zero-order valence-corrected chi connectivity index (χ0v) is 19.9. The maximum Gasteiger partial charge on any atom is 0.310 e. The molecule has 0 amide bonds. The van der Waals surface area contributed by atoms with Crippen LogP contribution in [0.25, 0.3) is 16.9 Å². The maximum absolute atomic E-state index is 13.6. The Bertz CT molecular complexity index is 1310. The molecule has 0 bridgehead atoms. The summed E-state index contributed by atoms with van der Waals surface area (Å²) in [5.74, 6) is 0.682. The first-order chi connectivity index (χ1) is 17.0. The molecule has 3 aromatic carbocycles. The number of ketones is 1. The summed E-state index contributed by atoms with van der Waals surface area (Å²) in [7, 11) is 3.19. The molecule has 178 valence electrons. The minimum atomic E-state index is -0.432. The van der Waals surface area contributed by atoms with Gasteiger partial charge < -0.3 is 14.2 Å². The van der Waals surface area contributed by atoms with E-state index in [2.05, 4.69) is 0 Å². The highest BCUT2D eigenvalue weighted by Gasteiger charge is 2.27. The van der Waals surface area contributed by atoms with Gasteiger partial charge in [-0.3, -0.25) is 9.59 Å². The van der Waals surface area contributed by atoms with E-state index in [1.807, 2.05) is 54.6 Å². The lowest BCUT2D eigenvalue weighted by atomic mass is 9.98. The Morgan fingerprint density at radius 2 is 1.43 bits per heavy atom. The number of esters is 1. The van der Waals surface area contributed by atoms with Crippen LogP contribution in [0, 0.1) is 0 Å². The molecular weight excluding hydrogens is 444 g/mol. The minimum absolute atomic E-state index is 0.0980. The second kappa shape index (κ2) is 10.7. The van der Waals surface area contributed by atoms with Crippen molar-refractivity contribution in [2.75, 3.05) is 20.8 Å². The first-order valence-electron chi connectivity index (χ1n) is 11.2. The third kappa shape index (κ3) is 5.09. The predicted molar refractivity (Wildman–Crippen MR) is 132 cm³/mol. The van der Waals surface area contributed by atoms with Crippen molar-refractivity contribution in [2.45, 2.75) is 13.3 Å². The topological polar surface area (TPSA) is 79.7 Å². The number of nitrogens with zero attached hydrogens (tertiary/aromatic N) is 2. The van der Waals surface area contributed by atoms with Crippen LogP contribution in [0.2, 0.25) is 0 Å². The average Bonchev–Trinajstić information content (AvgIpc) is 3.27. The summed E-state index contributed by atoms with van der Waals surface area (Å²) in [4.78, 5) is 26.2. The second-order valence-corrected chi connectivity index (χ2v) is 7.69. The van der Waals surface area contributed by atoms with Crippen LogP contribution >= 0.6 is 0 Å². The van der Waals surface area contributed by atoms with Crippen molar-refractivity contribution in [3.05, 3.63) is 95.7 Å². The molecule has 0 aliphatic rings. The average molecular weight is 471 g/mol. The van der Waals surface area contributed by atoms with Crippen LogP contribution in [0.5, 0.6) is 11.5 Å². The molecule has 0 saturated heterocycles. The Morgan fingerprint density at radius 3 is 2.00 bits per heavy atom. The Kier molecular flexibility index (Phi) is 7.26. The third-order valence-electron chi connectivity index (χ3n) is 5.54. The van der Waals surface area contributed by atoms with Crippen LogP contribution in [-0.4, -0.2) is 42.4 Å². The number of methoxy groups -OCH3 is 2. The summed E-state index contributed by atoms with van der Waals surface area (Å²) < 4.78 is 17.5. The second-order valence-electron chi connectivity index (χ2n) is 7.69. The first kappa shape index (κ1) is 23.8. The van der Waals surface area contributed by atoms with Gasteiger partial charge in [-0.05, 0) is 55.5 Å². The fourth-order valence-electron chi connectivity index (χ4n) is 3.84. The van der Waals surface area contributed by atoms with E-state index in [1.54, 1.807) is 50.1 Å². The third-order valence-corrected chi connectivity index (χ3v) is 5.54. The molecule has 1 heterocycles. The van der Waals surface area contributed by atoms with Crippen LogP contribution in [0.3, 0.4) is 0 Å². The molecule has 0 spiro atoms. The van der Waals surface area contributed by atoms with Crippen molar-refractivity contribution in [3.63, 3.8) is 0 Å². The zero-order valence-electron chi connectivity index (χ0n) is 19.9. The Morgan fingerprint density at radius 1 is 0.829 bits per heavy atom. The molecule has 0 N–H and O–H groups in total. The number of carbonyl (C=O) groups is 2. The van der Waals surface area contributed by atoms with E-state index in [0.717, 1.165) is 5.56 Å². The molecule has 0 aliphatic heterocycles. The van der Waals surface area contributed by atoms with E-state index in [1.165, 1.54) is 0 Å². The van der Waals surface area contributed by atoms with Gasteiger partial charge >= 0.3 is 5.97 Å². The molecule has 0 radical (unpaired) electrons. The van der Waals surface area contributed by atoms with E-state index in [4.69, 9.17) is 19.3 Å². The van der Waals surface area contributed by atoms with Gasteiger partial charge in [-0.2, -0.15) is 5.10 Å². The molecule has 4 aromatic rings. The smallest absolute Gasteiger partial charge is 0.310 e. The van der Waals surface area contributed by atoms with Crippen LogP contribution in [-0.2, 0) is 16.0 Å². The number of benzene rings is 3. The van der Waals surface area contributed by atoms with Crippen molar-refractivity contribution in [1.29, 1.82) is 0 Å². The molecule has 0 saturated carbocycles. The number of ether oxygens (including phenoxy) is 3. The van der Waals surface area contributed by atoms with Gasteiger partial charge in [0, 0.05) is 16.7 Å². The van der Waals surface area contributed by atoms with Crippen LogP contribution in [0.4, 0.5) is 0 Å². The van der Waals surface area contributed by atoms with Crippen LogP contribution in [0.1, 0.15) is 28.5 Å². The Balaban J connectivity index is 1.96. The fourth-order valence-corrected chi connectivity index (χ4v) is 3.84. The molecule has 0 unspecified atom stereocenters. The van der Waals surface area contributed by atoms with Gasteiger partial charge in [0.25, 0.3) is 0 Å². The Labute approximate surface area is 203 Å². The van der Waals surface area contributed by atoms with Crippen LogP contribution < -0.4 is 9.47 Å². The zero-order chi connectivity index (χ0) is 24.8. The number of rotatable bonds is 9. The molecular formula is C28H26N2O5. The molecule has 4 rings (SSSR count). The molecule has 1 aromatic heterocycles. The van der Waals surface area contributed by atoms with Gasteiger partial charge in [0.15, 0.2) is 0 Å². The van der Waals surface area contributed by atoms with Crippen molar-refractivity contribution in [1.82, 2.24) is 9.78 Å². The minimum Gasteiger partial charge on any atom is -0.497 e. The largest absolute Gasteiger partial charge is 0.497 e. The van der Waals surface area contributed by atoms with E-state index in [0.29, 0.717) is 34.0 Å². The van der Waals surface area contributed by atoms with Crippen molar-refractivity contribution >= 4 is 11.8 Å². The van der Waals surface area contributed by atoms with Gasteiger partial charge in [0.05, 0.1) is 38.6 Å². The molecule has 35 heavy (non-hydrogen) atoms. The normalized spacial score (nSPS) is 10.6. The summed E-state index contributed by atoms with van der Waals surface area (Å²) in [6.45, 7) is 1.99. The van der Waals surface area contributed by atoms with Crippen molar-refractivity contribution in [3.8, 4) is 28.4 Å².